The van der Waals surface area contributed by atoms with E-state index in [1.807, 2.05) is 65.6 Å². The van der Waals surface area contributed by atoms with E-state index >= 15 is 0 Å². The van der Waals surface area contributed by atoms with Gasteiger partial charge in [-0.25, -0.2) is 4.79 Å². The zero-order chi connectivity index (χ0) is 37.0. The third-order valence-electron chi connectivity index (χ3n) is 11.1. The molecule has 14 heteroatoms. The van der Waals surface area contributed by atoms with E-state index in [1.165, 1.54) is 0 Å². The smallest absolute Gasteiger partial charge is 0.408 e. The summed E-state index contributed by atoms with van der Waals surface area (Å²) in [4.78, 5) is 43.6. The van der Waals surface area contributed by atoms with Crippen LogP contribution in [-0.4, -0.2) is 151 Å². The Hall–Kier alpha value is -1.91. The first-order valence-electron chi connectivity index (χ1n) is 17.8. The number of amides is 1. The van der Waals surface area contributed by atoms with Gasteiger partial charge >= 0.3 is 12.1 Å². The second-order valence-electron chi connectivity index (χ2n) is 15.5. The van der Waals surface area contributed by atoms with Crippen LogP contribution in [0.25, 0.3) is 0 Å². The van der Waals surface area contributed by atoms with Crippen LogP contribution in [-0.2, 0) is 33.3 Å². The number of likely N-dealkylation sites (N-methyl/N-ethyl adjacent to an activating group) is 2. The first-order chi connectivity index (χ1) is 22.8. The Morgan fingerprint density at radius 3 is 2.33 bits per heavy atom. The number of methoxy groups -OCH3 is 1. The number of hydrogen-bond acceptors (Lipinski definition) is 13. The average molecular weight is 701 g/mol. The Morgan fingerprint density at radius 1 is 1.10 bits per heavy atom. The molecule has 3 fully saturated rings. The Kier molecular flexibility index (Phi) is 14.5. The van der Waals surface area contributed by atoms with Gasteiger partial charge < -0.3 is 54.3 Å². The molecule has 284 valence electrons. The molecule has 3 heterocycles. The minimum Gasteiger partial charge on any atom is -0.458 e. The molecular formula is C35H64N4O10. The van der Waals surface area contributed by atoms with Crippen LogP contribution in [0, 0.1) is 11.8 Å². The van der Waals surface area contributed by atoms with Crippen LogP contribution in [0.5, 0.6) is 0 Å². The van der Waals surface area contributed by atoms with Crippen molar-refractivity contribution in [2.75, 3.05) is 41.3 Å². The van der Waals surface area contributed by atoms with Crippen molar-refractivity contribution in [1.82, 2.24) is 20.4 Å². The molecule has 13 atom stereocenters. The largest absolute Gasteiger partial charge is 0.458 e. The summed E-state index contributed by atoms with van der Waals surface area (Å²) in [5.41, 5.74) is -2.24. The molecule has 0 aliphatic carbocycles. The molecule has 3 aliphatic heterocycles. The maximum absolute atomic E-state index is 13.9. The number of hydrogen-bond donors (Lipinski definition) is 4. The fourth-order valence-corrected chi connectivity index (χ4v) is 7.62. The number of aliphatic hydroxyl groups is 2. The van der Waals surface area contributed by atoms with Crippen molar-refractivity contribution in [1.29, 1.82) is 0 Å². The lowest BCUT2D eigenvalue weighted by Gasteiger charge is -2.47. The van der Waals surface area contributed by atoms with Crippen LogP contribution < -0.4 is 10.6 Å². The molecule has 49 heavy (non-hydrogen) atoms. The number of ketones is 1. The second-order valence-corrected chi connectivity index (χ2v) is 15.5. The highest BCUT2D eigenvalue weighted by Crippen LogP contribution is 2.37. The monoisotopic (exact) mass is 700 g/mol. The Labute approximate surface area is 292 Å². The molecule has 0 aromatic rings. The van der Waals surface area contributed by atoms with Gasteiger partial charge in [-0.1, -0.05) is 20.8 Å². The number of nitrogens with zero attached hydrogens (tertiary/aromatic N) is 2. The number of cyclic esters (lactones) is 1. The predicted octanol–water partition coefficient (Wildman–Crippen LogP) is 1.69. The van der Waals surface area contributed by atoms with Crippen molar-refractivity contribution in [3.05, 3.63) is 0 Å². The molecule has 0 bridgehead atoms. The Balaban J connectivity index is 1.98. The van der Waals surface area contributed by atoms with E-state index in [0.29, 0.717) is 32.4 Å². The fraction of sp³-hybridized carbons (Fsp3) is 0.914. The van der Waals surface area contributed by atoms with Crippen LogP contribution in [0.15, 0.2) is 0 Å². The lowest BCUT2D eigenvalue weighted by molar-refractivity contribution is -0.307. The molecule has 0 aromatic heterocycles. The Bertz CT molecular complexity index is 1130. The van der Waals surface area contributed by atoms with Crippen LogP contribution >= 0.6 is 0 Å². The minimum absolute atomic E-state index is 0.0112. The van der Waals surface area contributed by atoms with Gasteiger partial charge in [-0.3, -0.25) is 9.59 Å². The average Bonchev–Trinajstić information content (AvgIpc) is 3.34. The van der Waals surface area contributed by atoms with E-state index in [1.54, 1.807) is 21.0 Å². The van der Waals surface area contributed by atoms with Crippen LogP contribution in [0.4, 0.5) is 4.79 Å². The number of aliphatic hydroxyl groups excluding tert-OH is 2. The number of nitrogens with one attached hydrogen (secondary N) is 2. The quantitative estimate of drug-likeness (QED) is 0.203. The molecule has 4 N–H and O–H groups in total. The highest BCUT2D eigenvalue weighted by Gasteiger charge is 2.55. The van der Waals surface area contributed by atoms with Gasteiger partial charge in [0.05, 0.1) is 30.0 Å². The topological polar surface area (TPSA) is 168 Å². The fourth-order valence-electron chi connectivity index (χ4n) is 7.62. The summed E-state index contributed by atoms with van der Waals surface area (Å²) in [5, 5.41) is 29.2. The van der Waals surface area contributed by atoms with E-state index in [4.69, 9.17) is 23.7 Å². The molecule has 0 spiro atoms. The number of carbonyl (C=O) groups excluding carboxylic acids is 3. The summed E-state index contributed by atoms with van der Waals surface area (Å²) < 4.78 is 30.7. The molecule has 14 nitrogen and oxygen atoms in total. The van der Waals surface area contributed by atoms with Gasteiger partial charge in [0.1, 0.15) is 24.4 Å². The predicted molar refractivity (Wildman–Crippen MR) is 183 cm³/mol. The molecular weight excluding hydrogens is 636 g/mol. The molecule has 3 saturated heterocycles. The maximum Gasteiger partial charge on any atom is 0.408 e. The van der Waals surface area contributed by atoms with Gasteiger partial charge in [0, 0.05) is 37.7 Å². The van der Waals surface area contributed by atoms with Crippen molar-refractivity contribution < 1.29 is 48.3 Å². The van der Waals surface area contributed by atoms with E-state index in [2.05, 4.69) is 17.6 Å². The van der Waals surface area contributed by atoms with Crippen LogP contribution in [0.1, 0.15) is 81.1 Å². The molecule has 3 aliphatic rings. The highest BCUT2D eigenvalue weighted by atomic mass is 16.7. The summed E-state index contributed by atoms with van der Waals surface area (Å²) in [6, 6.07) is -0.965. The number of ether oxygens (including phenoxy) is 5. The minimum atomic E-state index is -1.20. The summed E-state index contributed by atoms with van der Waals surface area (Å²) in [6.45, 7) is 16.1. The molecule has 0 saturated carbocycles. The molecule has 4 unspecified atom stereocenters. The molecule has 1 amide bonds. The van der Waals surface area contributed by atoms with Crippen LogP contribution in [0.3, 0.4) is 0 Å². The van der Waals surface area contributed by atoms with Crippen molar-refractivity contribution >= 4 is 17.8 Å². The number of Topliss-reactive ketones (excluding diaryl/α,β-unsaturated/α-hetero) is 1. The number of fused-ring (bicyclic) bond motifs is 1. The van der Waals surface area contributed by atoms with Crippen molar-refractivity contribution in [3.63, 3.8) is 0 Å². The van der Waals surface area contributed by atoms with Gasteiger partial charge in [0.15, 0.2) is 11.9 Å². The lowest BCUT2D eigenvalue weighted by Crippen LogP contribution is -2.61. The van der Waals surface area contributed by atoms with E-state index < -0.39 is 90.3 Å². The maximum atomic E-state index is 13.9. The zero-order valence-electron chi connectivity index (χ0n) is 31.7. The number of carbonyl (C=O) groups is 3. The number of rotatable bonds is 9. The first-order valence-corrected chi connectivity index (χ1v) is 17.8. The number of esters is 1. The zero-order valence-corrected chi connectivity index (χ0v) is 31.7. The second kappa shape index (κ2) is 17.1. The van der Waals surface area contributed by atoms with Gasteiger partial charge in [0.2, 0.25) is 0 Å². The normalized spacial score (nSPS) is 40.7. The molecule has 0 aromatic carbocycles. The molecule has 3 rings (SSSR count). The summed E-state index contributed by atoms with van der Waals surface area (Å²) in [6.07, 6.45) is -5.55. The lowest BCUT2D eigenvalue weighted by atomic mass is 9.80. The van der Waals surface area contributed by atoms with Crippen molar-refractivity contribution in [2.24, 2.45) is 11.8 Å². The van der Waals surface area contributed by atoms with Crippen LogP contribution in [0.2, 0.25) is 0 Å². The van der Waals surface area contributed by atoms with Gasteiger partial charge in [-0.05, 0) is 87.5 Å². The first kappa shape index (κ1) is 41.5. The van der Waals surface area contributed by atoms with E-state index in [9.17, 15) is 24.6 Å². The van der Waals surface area contributed by atoms with Crippen molar-refractivity contribution in [3.8, 4) is 0 Å². The van der Waals surface area contributed by atoms with Gasteiger partial charge in [-0.15, -0.1) is 0 Å². The van der Waals surface area contributed by atoms with E-state index in [-0.39, 0.29) is 18.0 Å². The van der Waals surface area contributed by atoms with Gasteiger partial charge in [0.25, 0.3) is 0 Å². The third-order valence-corrected chi connectivity index (χ3v) is 11.1. The standard InChI is InChI=1S/C35H64N4O10/c1-13-27-35(8)30(37-33(44)49-35)22(6)36-17-20(4)16-34(7,45-12)31(21(5)24(40)15-28(42)47-27)48-32-29(43)23(38(9)10)14-26(46-32)25(41)18-39(11)19(2)3/h19-23,25-27,29-32,36,41,43H,13-18H2,1-12H3,(H,37,44)/t20-,21+,22-,23?,25?,26?,27-,29?,30-,31-,32+,34-,35-/m1/s1. The molecule has 0 radical (unpaired) electrons. The number of alkyl carbamates (subject to hydrolysis) is 1. The highest BCUT2D eigenvalue weighted by molar-refractivity contribution is 5.97. The summed E-state index contributed by atoms with van der Waals surface area (Å²) in [5.74, 6) is -2.08. The summed E-state index contributed by atoms with van der Waals surface area (Å²) >= 11 is 0. The SMILES string of the molecule is CC[C@H]1OC(=O)CC(=O)[C@H](C)[C@@H](O[C@@H]2OC(C(O)CN(C)C(C)C)CC(N(C)C)C2O)[C@](C)(OC)C[C@@H](C)CN[C@H](C)[C@H]2NC(=O)O[C@@]21C. The van der Waals surface area contributed by atoms with E-state index in [0.717, 1.165) is 0 Å². The van der Waals surface area contributed by atoms with Gasteiger partial charge in [-0.2, -0.15) is 0 Å². The van der Waals surface area contributed by atoms with Crippen molar-refractivity contribution in [2.45, 2.75) is 153 Å². The Morgan fingerprint density at radius 2 is 1.76 bits per heavy atom. The summed E-state index contributed by atoms with van der Waals surface area (Å²) in [7, 11) is 7.19. The third kappa shape index (κ3) is 9.70.